The molecule has 0 spiro atoms. The first-order valence-corrected chi connectivity index (χ1v) is 7.85. The first-order chi connectivity index (χ1) is 11.5. The van der Waals surface area contributed by atoms with Gasteiger partial charge in [-0.3, -0.25) is 0 Å². The SMILES string of the molecule is CC(Cc1ccccc1)(c1ccc(O)cc1)c1ccc(O)c(O)c1. The fourth-order valence-electron chi connectivity index (χ4n) is 3.07. The minimum absolute atomic E-state index is 0.133. The number of phenols is 3. The highest BCUT2D eigenvalue weighted by molar-refractivity contribution is 5.48. The van der Waals surface area contributed by atoms with Crippen molar-refractivity contribution in [3.05, 3.63) is 89.5 Å². The highest BCUT2D eigenvalue weighted by Crippen LogP contribution is 2.39. The zero-order valence-corrected chi connectivity index (χ0v) is 13.5. The van der Waals surface area contributed by atoms with Gasteiger partial charge in [0, 0.05) is 5.41 Å². The Kier molecular flexibility index (Phi) is 4.17. The van der Waals surface area contributed by atoms with Crippen LogP contribution in [0.4, 0.5) is 0 Å². The fraction of sp³-hybridized carbons (Fsp3) is 0.143. The molecule has 1 unspecified atom stereocenters. The maximum Gasteiger partial charge on any atom is 0.157 e. The number of phenolic OH excluding ortho intramolecular Hbond substituents is 3. The third kappa shape index (κ3) is 3.06. The third-order valence-electron chi connectivity index (χ3n) is 4.52. The molecule has 0 heterocycles. The zero-order chi connectivity index (χ0) is 17.2. The normalized spacial score (nSPS) is 13.4. The van der Waals surface area contributed by atoms with Crippen molar-refractivity contribution in [1.29, 1.82) is 0 Å². The highest BCUT2D eigenvalue weighted by Gasteiger charge is 2.30. The molecule has 0 bridgehead atoms. The van der Waals surface area contributed by atoms with Crippen LogP contribution in [0.25, 0.3) is 0 Å². The third-order valence-corrected chi connectivity index (χ3v) is 4.52. The number of rotatable bonds is 4. The molecule has 1 atom stereocenters. The van der Waals surface area contributed by atoms with Gasteiger partial charge in [0.2, 0.25) is 0 Å². The Hall–Kier alpha value is -2.94. The van der Waals surface area contributed by atoms with E-state index in [0.29, 0.717) is 0 Å². The Morgan fingerprint density at radius 2 is 1.33 bits per heavy atom. The van der Waals surface area contributed by atoms with Crippen molar-refractivity contribution >= 4 is 0 Å². The second kappa shape index (κ2) is 6.28. The van der Waals surface area contributed by atoms with Crippen LogP contribution in [-0.4, -0.2) is 15.3 Å². The van der Waals surface area contributed by atoms with Crippen LogP contribution in [0, 0.1) is 0 Å². The smallest absolute Gasteiger partial charge is 0.157 e. The number of aromatic hydroxyl groups is 3. The molecule has 0 radical (unpaired) electrons. The van der Waals surface area contributed by atoms with Crippen LogP contribution >= 0.6 is 0 Å². The van der Waals surface area contributed by atoms with E-state index in [9.17, 15) is 15.3 Å². The lowest BCUT2D eigenvalue weighted by molar-refractivity contribution is 0.401. The molecule has 3 nitrogen and oxygen atoms in total. The summed E-state index contributed by atoms with van der Waals surface area (Å²) in [6, 6.07) is 22.2. The van der Waals surface area contributed by atoms with Crippen LogP contribution in [0.5, 0.6) is 17.2 Å². The van der Waals surface area contributed by atoms with E-state index >= 15 is 0 Å². The molecule has 3 heteroatoms. The fourth-order valence-corrected chi connectivity index (χ4v) is 3.07. The van der Waals surface area contributed by atoms with Crippen LogP contribution in [-0.2, 0) is 11.8 Å². The van der Waals surface area contributed by atoms with Crippen molar-refractivity contribution in [2.45, 2.75) is 18.8 Å². The summed E-state index contributed by atoms with van der Waals surface area (Å²) in [5, 5.41) is 29.1. The van der Waals surface area contributed by atoms with Gasteiger partial charge in [-0.2, -0.15) is 0 Å². The van der Waals surface area contributed by atoms with E-state index < -0.39 is 5.41 Å². The Balaban J connectivity index is 2.12. The number of hydrogen-bond acceptors (Lipinski definition) is 3. The lowest BCUT2D eigenvalue weighted by Gasteiger charge is -2.31. The van der Waals surface area contributed by atoms with E-state index in [0.717, 1.165) is 17.5 Å². The minimum atomic E-state index is -0.416. The van der Waals surface area contributed by atoms with E-state index in [2.05, 4.69) is 19.1 Å². The molecule has 0 saturated heterocycles. The van der Waals surface area contributed by atoms with E-state index in [1.165, 1.54) is 11.6 Å². The summed E-state index contributed by atoms with van der Waals surface area (Å²) >= 11 is 0. The molecule has 0 aliphatic rings. The molecular formula is C21H20O3. The van der Waals surface area contributed by atoms with Crippen molar-refractivity contribution in [3.8, 4) is 17.2 Å². The molecular weight excluding hydrogens is 300 g/mol. The maximum atomic E-state index is 9.93. The van der Waals surface area contributed by atoms with Gasteiger partial charge in [0.05, 0.1) is 0 Å². The molecule has 0 aliphatic heterocycles. The second-order valence-corrected chi connectivity index (χ2v) is 6.24. The standard InChI is InChI=1S/C21H20O3/c1-21(14-15-5-3-2-4-6-15,16-7-10-18(22)11-8-16)17-9-12-19(23)20(24)13-17/h2-13,22-24H,14H2,1H3. The topological polar surface area (TPSA) is 60.7 Å². The number of benzene rings is 3. The van der Waals surface area contributed by atoms with Gasteiger partial charge in [0.15, 0.2) is 11.5 Å². The molecule has 24 heavy (non-hydrogen) atoms. The zero-order valence-electron chi connectivity index (χ0n) is 13.5. The molecule has 0 fully saturated rings. The summed E-state index contributed by atoms with van der Waals surface area (Å²) in [5.41, 5.74) is 2.67. The van der Waals surface area contributed by atoms with Crippen LogP contribution in [0.2, 0.25) is 0 Å². The number of hydrogen-bond donors (Lipinski definition) is 3. The van der Waals surface area contributed by atoms with Crippen molar-refractivity contribution in [2.24, 2.45) is 0 Å². The quantitative estimate of drug-likeness (QED) is 0.626. The largest absolute Gasteiger partial charge is 0.508 e. The Morgan fingerprint density at radius 1 is 0.708 bits per heavy atom. The summed E-state index contributed by atoms with van der Waals surface area (Å²) in [6.07, 6.45) is 0.725. The van der Waals surface area contributed by atoms with Crippen molar-refractivity contribution < 1.29 is 15.3 Å². The summed E-state index contributed by atoms with van der Waals surface area (Å²) in [6.45, 7) is 2.10. The minimum Gasteiger partial charge on any atom is -0.508 e. The summed E-state index contributed by atoms with van der Waals surface area (Å²) in [4.78, 5) is 0. The van der Waals surface area contributed by atoms with E-state index in [-0.39, 0.29) is 17.2 Å². The van der Waals surface area contributed by atoms with Gasteiger partial charge >= 0.3 is 0 Å². The molecule has 3 rings (SSSR count). The van der Waals surface area contributed by atoms with Crippen molar-refractivity contribution in [2.75, 3.05) is 0 Å². The predicted molar refractivity (Wildman–Crippen MR) is 94.5 cm³/mol. The predicted octanol–water partition coefficient (Wildman–Crippen LogP) is 4.35. The summed E-state index contributed by atoms with van der Waals surface area (Å²) in [7, 11) is 0. The van der Waals surface area contributed by atoms with Crippen molar-refractivity contribution in [3.63, 3.8) is 0 Å². The van der Waals surface area contributed by atoms with Gasteiger partial charge in [0.25, 0.3) is 0 Å². The molecule has 122 valence electrons. The van der Waals surface area contributed by atoms with Gasteiger partial charge < -0.3 is 15.3 Å². The highest BCUT2D eigenvalue weighted by atomic mass is 16.3. The second-order valence-electron chi connectivity index (χ2n) is 6.24. The lowest BCUT2D eigenvalue weighted by Crippen LogP contribution is -2.26. The molecule has 3 aromatic carbocycles. The van der Waals surface area contributed by atoms with E-state index in [1.54, 1.807) is 18.2 Å². The molecule has 0 aliphatic carbocycles. The van der Waals surface area contributed by atoms with Crippen LogP contribution in [0.3, 0.4) is 0 Å². The monoisotopic (exact) mass is 320 g/mol. The average molecular weight is 320 g/mol. The Labute approximate surface area is 141 Å². The Morgan fingerprint density at radius 3 is 1.96 bits per heavy atom. The Bertz CT molecular complexity index is 825. The molecule has 0 aromatic heterocycles. The summed E-state index contributed by atoms with van der Waals surface area (Å²) in [5.74, 6) is -0.0496. The van der Waals surface area contributed by atoms with E-state index in [4.69, 9.17) is 0 Å². The first-order valence-electron chi connectivity index (χ1n) is 7.85. The summed E-state index contributed by atoms with van der Waals surface area (Å²) < 4.78 is 0. The maximum absolute atomic E-state index is 9.93. The van der Waals surface area contributed by atoms with Gasteiger partial charge in [-0.1, -0.05) is 55.5 Å². The lowest BCUT2D eigenvalue weighted by atomic mass is 9.72. The van der Waals surface area contributed by atoms with Gasteiger partial charge in [-0.25, -0.2) is 0 Å². The van der Waals surface area contributed by atoms with E-state index in [1.807, 2.05) is 36.4 Å². The molecule has 0 amide bonds. The van der Waals surface area contributed by atoms with Gasteiger partial charge in [-0.15, -0.1) is 0 Å². The van der Waals surface area contributed by atoms with Crippen LogP contribution in [0.15, 0.2) is 72.8 Å². The van der Waals surface area contributed by atoms with Gasteiger partial charge in [0.1, 0.15) is 5.75 Å². The molecule has 3 N–H and O–H groups in total. The molecule has 0 saturated carbocycles. The van der Waals surface area contributed by atoms with Crippen molar-refractivity contribution in [1.82, 2.24) is 0 Å². The van der Waals surface area contributed by atoms with Crippen LogP contribution < -0.4 is 0 Å². The average Bonchev–Trinajstić information content (AvgIpc) is 2.58. The first kappa shape index (κ1) is 15.9. The molecule has 3 aromatic rings. The van der Waals surface area contributed by atoms with Gasteiger partial charge in [-0.05, 0) is 47.4 Å². The van der Waals surface area contributed by atoms with Crippen LogP contribution in [0.1, 0.15) is 23.6 Å².